The number of guanidine groups is 1. The van der Waals surface area contributed by atoms with E-state index in [4.69, 9.17) is 16.2 Å². The number of allylic oxidation sites excluding steroid dienone is 1. The number of nitrogens with one attached hydrogen (secondary N) is 1. The highest BCUT2D eigenvalue weighted by Crippen LogP contribution is 2.34. The minimum Gasteiger partial charge on any atom is -0.466 e. The molecule has 1 aliphatic carbocycles. The third-order valence-corrected chi connectivity index (χ3v) is 5.61. The van der Waals surface area contributed by atoms with Gasteiger partial charge in [0.2, 0.25) is 0 Å². The van der Waals surface area contributed by atoms with Crippen LogP contribution in [0, 0.1) is 5.92 Å². The maximum Gasteiger partial charge on any atom is 0.306 e. The van der Waals surface area contributed by atoms with Crippen LogP contribution in [0.4, 0.5) is 5.69 Å². The van der Waals surface area contributed by atoms with Crippen LogP contribution in [-0.4, -0.2) is 30.5 Å². The highest BCUT2D eigenvalue weighted by atomic mass is 16.5. The highest BCUT2D eigenvalue weighted by molar-refractivity contribution is 5.94. The summed E-state index contributed by atoms with van der Waals surface area (Å²) in [6.07, 6.45) is 3.39. The monoisotopic (exact) mass is 478 g/mol. The molecule has 1 amide bonds. The second-order valence-corrected chi connectivity index (χ2v) is 8.86. The quantitative estimate of drug-likeness (QED) is 0.210. The fourth-order valence-corrected chi connectivity index (χ4v) is 3.68. The van der Waals surface area contributed by atoms with E-state index in [1.165, 1.54) is 24.0 Å². The van der Waals surface area contributed by atoms with Crippen LogP contribution in [0.2, 0.25) is 0 Å². The van der Waals surface area contributed by atoms with E-state index in [2.05, 4.69) is 31.1 Å². The van der Waals surface area contributed by atoms with Gasteiger partial charge < -0.3 is 21.5 Å². The van der Waals surface area contributed by atoms with Gasteiger partial charge in [-0.15, -0.1) is 0 Å². The van der Waals surface area contributed by atoms with Crippen LogP contribution in [0.25, 0.3) is 0 Å². The first-order chi connectivity index (χ1) is 16.7. The van der Waals surface area contributed by atoms with Crippen LogP contribution in [0.3, 0.4) is 0 Å². The Morgan fingerprint density at radius 2 is 1.74 bits per heavy atom. The van der Waals surface area contributed by atoms with Crippen molar-refractivity contribution >= 4 is 23.5 Å². The van der Waals surface area contributed by atoms with Crippen molar-refractivity contribution in [1.29, 1.82) is 0 Å². The maximum atomic E-state index is 12.2. The molecule has 1 saturated carbocycles. The Morgan fingerprint density at radius 1 is 1.06 bits per heavy atom. The molecule has 2 aromatic rings. The Bertz CT molecular complexity index is 1040. The van der Waals surface area contributed by atoms with E-state index in [-0.39, 0.29) is 23.9 Å². The minimum absolute atomic E-state index is 0.0209. The number of ether oxygens (including phenoxy) is 1. The van der Waals surface area contributed by atoms with Gasteiger partial charge in [-0.05, 0) is 68.9 Å². The summed E-state index contributed by atoms with van der Waals surface area (Å²) in [6.45, 7) is 8.66. The van der Waals surface area contributed by atoms with Gasteiger partial charge in [0.15, 0.2) is 5.96 Å². The van der Waals surface area contributed by atoms with Gasteiger partial charge in [-0.1, -0.05) is 55.3 Å². The largest absolute Gasteiger partial charge is 0.466 e. The molecule has 2 aromatic carbocycles. The second kappa shape index (κ2) is 13.9. The number of nitrogens with two attached hydrogens (primary N) is 2. The average molecular weight is 479 g/mol. The lowest BCUT2D eigenvalue weighted by molar-refractivity contribution is -0.143. The standard InChI is InChI=1S/C16H21NO.C12H17N3O2/c1-11(2)15(12(3)13-9-10-13)17-16(18)14-7-5-4-6-8-14;1-2-17-11(16)7-6-9-4-3-5-10(8-9)15-12(13)14/h4-8,11,15H,9-10H2,1-3H3,(H,17,18);3-5,8H,2,6-7H2,1H3,(H4,13,14,15). The SMILES string of the molecule is CC(=C1CC1)C(NC(=O)c1ccccc1)C(C)C.CCOC(=O)CCc1cccc(N=C(N)N)c1. The number of hydrogen-bond acceptors (Lipinski definition) is 4. The predicted molar refractivity (Wildman–Crippen MR) is 141 cm³/mol. The summed E-state index contributed by atoms with van der Waals surface area (Å²) in [6, 6.07) is 17.0. The van der Waals surface area contributed by atoms with E-state index in [1.807, 2.05) is 48.5 Å². The number of amides is 1. The van der Waals surface area contributed by atoms with E-state index in [0.717, 1.165) is 11.1 Å². The van der Waals surface area contributed by atoms with Crippen molar-refractivity contribution in [2.24, 2.45) is 22.4 Å². The van der Waals surface area contributed by atoms with E-state index < -0.39 is 0 Å². The van der Waals surface area contributed by atoms with Gasteiger partial charge in [-0.2, -0.15) is 0 Å². The Labute approximate surface area is 208 Å². The molecule has 0 spiro atoms. The molecule has 0 aromatic heterocycles. The Morgan fingerprint density at radius 3 is 2.31 bits per heavy atom. The van der Waals surface area contributed by atoms with Gasteiger partial charge in [0.05, 0.1) is 18.3 Å². The van der Waals surface area contributed by atoms with Gasteiger partial charge >= 0.3 is 5.97 Å². The molecule has 7 heteroatoms. The number of carbonyl (C=O) groups is 2. The molecule has 0 saturated heterocycles. The summed E-state index contributed by atoms with van der Waals surface area (Å²) < 4.78 is 4.85. The summed E-state index contributed by atoms with van der Waals surface area (Å²) in [5.41, 5.74) is 15.9. The highest BCUT2D eigenvalue weighted by Gasteiger charge is 2.25. The van der Waals surface area contributed by atoms with Crippen molar-refractivity contribution in [2.45, 2.75) is 59.4 Å². The number of benzene rings is 2. The average Bonchev–Trinajstić information content (AvgIpc) is 3.67. The van der Waals surface area contributed by atoms with E-state index in [1.54, 1.807) is 13.0 Å². The van der Waals surface area contributed by atoms with Crippen molar-refractivity contribution in [1.82, 2.24) is 5.32 Å². The zero-order valence-electron chi connectivity index (χ0n) is 21.2. The number of rotatable bonds is 9. The third-order valence-electron chi connectivity index (χ3n) is 5.61. The maximum absolute atomic E-state index is 12.2. The summed E-state index contributed by atoms with van der Waals surface area (Å²) >= 11 is 0. The summed E-state index contributed by atoms with van der Waals surface area (Å²) in [5, 5.41) is 3.16. The van der Waals surface area contributed by atoms with Crippen LogP contribution in [0.5, 0.6) is 0 Å². The van der Waals surface area contributed by atoms with Crippen molar-refractivity contribution in [2.75, 3.05) is 6.61 Å². The van der Waals surface area contributed by atoms with Crippen molar-refractivity contribution in [3.05, 3.63) is 76.9 Å². The fraction of sp³-hybridized carbons (Fsp3) is 0.393. The van der Waals surface area contributed by atoms with Crippen LogP contribution in [0.1, 0.15) is 62.9 Å². The Hall–Kier alpha value is -3.61. The predicted octanol–water partition coefficient (Wildman–Crippen LogP) is 4.64. The number of carbonyl (C=O) groups excluding carboxylic acids is 2. The summed E-state index contributed by atoms with van der Waals surface area (Å²) in [4.78, 5) is 27.3. The minimum atomic E-state index is -0.195. The molecule has 3 rings (SSSR count). The molecule has 1 atom stereocenters. The molecule has 0 aliphatic heterocycles. The van der Waals surface area contributed by atoms with E-state index in [0.29, 0.717) is 31.1 Å². The lowest BCUT2D eigenvalue weighted by Gasteiger charge is -2.23. The molecule has 1 unspecified atom stereocenters. The van der Waals surface area contributed by atoms with Crippen LogP contribution >= 0.6 is 0 Å². The second-order valence-electron chi connectivity index (χ2n) is 8.86. The number of aryl methyl sites for hydroxylation is 1. The van der Waals surface area contributed by atoms with Gasteiger partial charge in [0, 0.05) is 12.0 Å². The van der Waals surface area contributed by atoms with Crippen LogP contribution in [-0.2, 0) is 16.0 Å². The van der Waals surface area contributed by atoms with Gasteiger partial charge in [-0.25, -0.2) is 4.99 Å². The first-order valence-electron chi connectivity index (χ1n) is 12.1. The van der Waals surface area contributed by atoms with Crippen molar-refractivity contribution in [3.63, 3.8) is 0 Å². The first kappa shape index (κ1) is 27.6. The fourth-order valence-electron chi connectivity index (χ4n) is 3.68. The number of hydrogen-bond donors (Lipinski definition) is 3. The normalized spacial score (nSPS) is 12.7. The van der Waals surface area contributed by atoms with Crippen molar-refractivity contribution < 1.29 is 14.3 Å². The number of nitrogens with zero attached hydrogens (tertiary/aromatic N) is 1. The van der Waals surface area contributed by atoms with Crippen LogP contribution in [0.15, 0.2) is 70.7 Å². The molecular formula is C28H38N4O3. The molecular weight excluding hydrogens is 440 g/mol. The molecule has 188 valence electrons. The van der Waals surface area contributed by atoms with Crippen LogP contribution < -0.4 is 16.8 Å². The molecule has 1 fully saturated rings. The van der Waals surface area contributed by atoms with Gasteiger partial charge in [-0.3, -0.25) is 9.59 Å². The zero-order valence-corrected chi connectivity index (χ0v) is 21.2. The van der Waals surface area contributed by atoms with Crippen molar-refractivity contribution in [3.8, 4) is 0 Å². The summed E-state index contributed by atoms with van der Waals surface area (Å²) in [7, 11) is 0. The van der Waals surface area contributed by atoms with Gasteiger partial charge in [0.1, 0.15) is 0 Å². The van der Waals surface area contributed by atoms with E-state index >= 15 is 0 Å². The lowest BCUT2D eigenvalue weighted by Crippen LogP contribution is -2.39. The van der Waals surface area contributed by atoms with E-state index in [9.17, 15) is 9.59 Å². The number of aliphatic imine (C=N–C) groups is 1. The molecule has 0 heterocycles. The zero-order chi connectivity index (χ0) is 25.8. The molecule has 0 bridgehead atoms. The summed E-state index contributed by atoms with van der Waals surface area (Å²) in [5.74, 6) is 0.271. The van der Waals surface area contributed by atoms with Gasteiger partial charge in [0.25, 0.3) is 5.91 Å². The Kier molecular flexibility index (Phi) is 11.0. The third kappa shape index (κ3) is 10.0. The first-order valence-corrected chi connectivity index (χ1v) is 12.1. The lowest BCUT2D eigenvalue weighted by atomic mass is 9.95. The Balaban J connectivity index is 0.000000247. The number of esters is 1. The molecule has 0 radical (unpaired) electrons. The molecule has 5 N–H and O–H groups in total. The smallest absolute Gasteiger partial charge is 0.306 e. The molecule has 7 nitrogen and oxygen atoms in total. The molecule has 35 heavy (non-hydrogen) atoms. The topological polar surface area (TPSA) is 120 Å². The molecule has 1 aliphatic rings.